The zero-order valence-electron chi connectivity index (χ0n) is 8.99. The van der Waals surface area contributed by atoms with E-state index in [1.807, 2.05) is 0 Å². The van der Waals surface area contributed by atoms with Gasteiger partial charge in [-0.3, -0.25) is 0 Å². The molecule has 0 bridgehead atoms. The van der Waals surface area contributed by atoms with E-state index in [0.717, 1.165) is 0 Å². The van der Waals surface area contributed by atoms with Crippen molar-refractivity contribution in [3.05, 3.63) is 0 Å². The van der Waals surface area contributed by atoms with Crippen molar-refractivity contribution in [2.24, 2.45) is 0 Å². The van der Waals surface area contributed by atoms with Gasteiger partial charge >= 0.3 is 24.8 Å². The van der Waals surface area contributed by atoms with E-state index in [0.29, 0.717) is 0 Å². The summed E-state index contributed by atoms with van der Waals surface area (Å²) in [4.78, 5) is 10.1. The van der Waals surface area contributed by atoms with Crippen molar-refractivity contribution in [2.45, 2.75) is 24.4 Å². The molecule has 0 aromatic heterocycles. The van der Waals surface area contributed by atoms with Crippen LogP contribution in [-0.2, 0) is 21.9 Å². The van der Waals surface area contributed by atoms with E-state index < -0.39 is 37.0 Å². The number of hydrogen-bond acceptors (Lipinski definition) is 6. The molecule has 0 aromatic carbocycles. The molecule has 7 nitrogen and oxygen atoms in total. The SMILES string of the molecule is O=C(O)[C@H](O)[C@@H](O)[C@H](O)[C@H](O)CO.[H-].[Li+].[Mn]. The molecule has 1 radical (unpaired) electrons. The molecule has 0 aliphatic heterocycles. The Bertz CT molecular complexity index is 186. The maximum Gasteiger partial charge on any atom is 1.00 e. The van der Waals surface area contributed by atoms with Crippen LogP contribution in [0, 0.1) is 0 Å². The molecular formula is C6H13LiMnO7. The first kappa shape index (κ1) is 20.8. The van der Waals surface area contributed by atoms with Crippen molar-refractivity contribution in [2.75, 3.05) is 6.61 Å². The second kappa shape index (κ2) is 9.60. The van der Waals surface area contributed by atoms with E-state index in [-0.39, 0.29) is 37.4 Å². The minimum atomic E-state index is -2.20. The summed E-state index contributed by atoms with van der Waals surface area (Å²) < 4.78 is 0. The molecule has 0 fully saturated rings. The van der Waals surface area contributed by atoms with E-state index >= 15 is 0 Å². The Kier molecular flexibility index (Phi) is 13.3. The van der Waals surface area contributed by atoms with Gasteiger partial charge in [0.15, 0.2) is 6.10 Å². The Morgan fingerprint density at radius 1 is 1.13 bits per heavy atom. The van der Waals surface area contributed by atoms with Crippen molar-refractivity contribution in [1.82, 2.24) is 0 Å². The average molecular weight is 259 g/mol. The van der Waals surface area contributed by atoms with Gasteiger partial charge < -0.3 is 32.1 Å². The number of carboxylic acid groups (broad SMARTS) is 1. The zero-order chi connectivity index (χ0) is 10.6. The Morgan fingerprint density at radius 2 is 1.53 bits per heavy atom. The molecule has 0 aliphatic rings. The number of aliphatic hydroxyl groups excluding tert-OH is 5. The standard InChI is InChI=1S/C6H12O7.Li.Mn.H/c7-1-2(8)3(9)4(10)5(11)6(12)13;;;/h2-5,7-11H,1H2,(H,12,13);;;/q;+1;;-1/t2-,3-,4+,5-;;;/m1.../s1. The minimum absolute atomic E-state index is 0. The third kappa shape index (κ3) is 6.53. The normalized spacial score (nSPS) is 17.7. The molecule has 0 spiro atoms. The summed E-state index contributed by atoms with van der Waals surface area (Å²) in [7, 11) is 0. The van der Waals surface area contributed by atoms with E-state index in [1.54, 1.807) is 0 Å². The fourth-order valence-corrected chi connectivity index (χ4v) is 0.668. The summed E-state index contributed by atoms with van der Waals surface area (Å²) in [6, 6.07) is 0. The van der Waals surface area contributed by atoms with Crippen LogP contribution in [0.5, 0.6) is 0 Å². The molecule has 9 heteroatoms. The van der Waals surface area contributed by atoms with Crippen LogP contribution >= 0.6 is 0 Å². The first-order valence-corrected chi connectivity index (χ1v) is 3.47. The van der Waals surface area contributed by atoms with Gasteiger partial charge in [-0.1, -0.05) is 0 Å². The quantitative estimate of drug-likeness (QED) is 0.270. The van der Waals surface area contributed by atoms with Crippen molar-refractivity contribution in [3.63, 3.8) is 0 Å². The van der Waals surface area contributed by atoms with Gasteiger partial charge in [-0.05, 0) is 0 Å². The van der Waals surface area contributed by atoms with Crippen molar-refractivity contribution in [1.29, 1.82) is 0 Å². The predicted octanol–water partition coefficient (Wildman–Crippen LogP) is -6.38. The Morgan fingerprint density at radius 3 is 1.80 bits per heavy atom. The summed E-state index contributed by atoms with van der Waals surface area (Å²) in [6.07, 6.45) is -7.84. The van der Waals surface area contributed by atoms with E-state index in [9.17, 15) is 4.79 Å². The van der Waals surface area contributed by atoms with Gasteiger partial charge in [0.1, 0.15) is 18.3 Å². The fourth-order valence-electron chi connectivity index (χ4n) is 0.668. The molecule has 0 rings (SSSR count). The maximum absolute atomic E-state index is 10.1. The molecular weight excluding hydrogens is 246 g/mol. The summed E-state index contributed by atoms with van der Waals surface area (Å²) >= 11 is 0. The number of aliphatic hydroxyl groups is 5. The predicted molar refractivity (Wildman–Crippen MR) is 39.9 cm³/mol. The minimum Gasteiger partial charge on any atom is -1.00 e. The molecule has 15 heavy (non-hydrogen) atoms. The number of hydrogen-bond donors (Lipinski definition) is 6. The molecule has 87 valence electrons. The van der Waals surface area contributed by atoms with Crippen molar-refractivity contribution >= 4 is 5.97 Å². The monoisotopic (exact) mass is 259 g/mol. The van der Waals surface area contributed by atoms with Crippen LogP contribution in [0.1, 0.15) is 1.43 Å². The van der Waals surface area contributed by atoms with E-state index in [2.05, 4.69) is 0 Å². The Hall–Kier alpha value is 0.387. The smallest absolute Gasteiger partial charge is 1.00 e. The second-order valence-corrected chi connectivity index (χ2v) is 2.51. The van der Waals surface area contributed by atoms with Gasteiger partial charge in [-0.15, -0.1) is 0 Å². The molecule has 4 atom stereocenters. The van der Waals surface area contributed by atoms with E-state index in [1.165, 1.54) is 0 Å². The molecule has 0 heterocycles. The maximum atomic E-state index is 10.1. The summed E-state index contributed by atoms with van der Waals surface area (Å²) in [5.41, 5.74) is 0. The Labute approximate surface area is 110 Å². The third-order valence-corrected chi connectivity index (χ3v) is 1.51. The van der Waals surface area contributed by atoms with Gasteiger partial charge in [0.2, 0.25) is 0 Å². The van der Waals surface area contributed by atoms with Crippen LogP contribution in [-0.4, -0.2) is 67.6 Å². The molecule has 0 saturated heterocycles. The van der Waals surface area contributed by atoms with Crippen LogP contribution in [0.4, 0.5) is 0 Å². The van der Waals surface area contributed by atoms with Crippen LogP contribution in [0.15, 0.2) is 0 Å². The van der Waals surface area contributed by atoms with Crippen LogP contribution in [0.2, 0.25) is 0 Å². The van der Waals surface area contributed by atoms with Gasteiger partial charge in [0.05, 0.1) is 6.61 Å². The number of carbonyl (C=O) groups is 1. The van der Waals surface area contributed by atoms with Gasteiger partial charge in [-0.25, -0.2) is 4.79 Å². The molecule has 0 aromatic rings. The van der Waals surface area contributed by atoms with Gasteiger partial charge in [0, 0.05) is 17.1 Å². The largest absolute Gasteiger partial charge is 1.00 e. The van der Waals surface area contributed by atoms with Crippen LogP contribution < -0.4 is 18.9 Å². The number of aliphatic carboxylic acids is 1. The topological polar surface area (TPSA) is 138 Å². The zero-order valence-corrected chi connectivity index (χ0v) is 9.17. The fraction of sp³-hybridized carbons (Fsp3) is 0.833. The van der Waals surface area contributed by atoms with Crippen molar-refractivity contribution < 1.29 is 72.8 Å². The molecule has 0 aliphatic carbocycles. The summed E-state index contributed by atoms with van der Waals surface area (Å²) in [5, 5.41) is 51.8. The number of rotatable bonds is 5. The molecule has 0 saturated carbocycles. The third-order valence-electron chi connectivity index (χ3n) is 1.51. The Balaban J connectivity index is -0.000000240. The van der Waals surface area contributed by atoms with Crippen LogP contribution in [0.3, 0.4) is 0 Å². The van der Waals surface area contributed by atoms with Gasteiger partial charge in [-0.2, -0.15) is 0 Å². The number of carboxylic acids is 1. The second-order valence-electron chi connectivity index (χ2n) is 2.51. The molecule has 0 amide bonds. The van der Waals surface area contributed by atoms with Gasteiger partial charge in [0.25, 0.3) is 0 Å². The summed E-state index contributed by atoms with van der Waals surface area (Å²) in [6.45, 7) is -0.843. The first-order chi connectivity index (χ1) is 5.91. The first-order valence-electron chi connectivity index (χ1n) is 3.47. The average Bonchev–Trinajstić information content (AvgIpc) is 2.12. The summed E-state index contributed by atoms with van der Waals surface area (Å²) in [5.74, 6) is -1.73. The van der Waals surface area contributed by atoms with E-state index in [4.69, 9.17) is 30.6 Å². The van der Waals surface area contributed by atoms with Crippen LogP contribution in [0.25, 0.3) is 0 Å². The molecule has 0 unspecified atom stereocenters. The molecule has 6 N–H and O–H groups in total. The van der Waals surface area contributed by atoms with Crippen molar-refractivity contribution in [3.8, 4) is 0 Å².